The van der Waals surface area contributed by atoms with Crippen LogP contribution < -0.4 is 4.74 Å². The molecule has 5 nitrogen and oxygen atoms in total. The molecule has 0 aliphatic carbocycles. The lowest BCUT2D eigenvalue weighted by Crippen LogP contribution is -2.31. The van der Waals surface area contributed by atoms with Crippen molar-refractivity contribution < 1.29 is 17.9 Å². The van der Waals surface area contributed by atoms with Gasteiger partial charge in [-0.3, -0.25) is 0 Å². The van der Waals surface area contributed by atoms with Crippen molar-refractivity contribution in [1.29, 1.82) is 0 Å². The molecule has 0 unspecified atom stereocenters. The Morgan fingerprint density at radius 1 is 1.12 bits per heavy atom. The number of benzene rings is 2. The molecule has 140 valence electrons. The Hall–Kier alpha value is -1.02. The molecule has 0 radical (unpaired) electrons. The van der Waals surface area contributed by atoms with Crippen molar-refractivity contribution in [2.75, 3.05) is 19.4 Å². The molecule has 0 N–H and O–H groups in total. The molecule has 1 heterocycles. The average molecular weight is 437 g/mol. The number of hydrogen-bond acceptors (Lipinski definition) is 4. The van der Waals surface area contributed by atoms with Crippen LogP contribution >= 0.6 is 34.8 Å². The van der Waals surface area contributed by atoms with Gasteiger partial charge in [-0.15, -0.1) is 0 Å². The first kappa shape index (κ1) is 19.7. The molecule has 0 bridgehead atoms. The molecule has 9 heteroatoms. The normalized spacial score (nSPS) is 21.1. The second-order valence-electron chi connectivity index (χ2n) is 5.88. The van der Waals surface area contributed by atoms with Gasteiger partial charge in [-0.25, -0.2) is 8.42 Å². The van der Waals surface area contributed by atoms with Gasteiger partial charge in [-0.05, 0) is 42.0 Å². The van der Waals surface area contributed by atoms with E-state index in [1.54, 1.807) is 42.5 Å². The van der Waals surface area contributed by atoms with Gasteiger partial charge in [0.2, 0.25) is 10.0 Å². The van der Waals surface area contributed by atoms with Crippen molar-refractivity contribution in [3.05, 3.63) is 63.1 Å². The van der Waals surface area contributed by atoms with Gasteiger partial charge < -0.3 is 9.47 Å². The molecule has 0 spiro atoms. The number of sulfonamides is 1. The summed E-state index contributed by atoms with van der Waals surface area (Å²) in [5.41, 5.74) is 0.610. The summed E-state index contributed by atoms with van der Waals surface area (Å²) in [4.78, 5) is 0. The molecule has 1 aliphatic rings. The van der Waals surface area contributed by atoms with Crippen LogP contribution in [0.15, 0.2) is 42.5 Å². The summed E-state index contributed by atoms with van der Waals surface area (Å²) in [6.45, 7) is 0.378. The van der Waals surface area contributed by atoms with E-state index in [0.717, 1.165) is 6.26 Å². The van der Waals surface area contributed by atoms with Crippen LogP contribution in [-0.4, -0.2) is 38.2 Å². The fourth-order valence-corrected chi connectivity index (χ4v) is 4.01. The summed E-state index contributed by atoms with van der Waals surface area (Å²) in [6.07, 6.45) is -0.0676. The Morgan fingerprint density at radius 2 is 1.81 bits per heavy atom. The zero-order valence-electron chi connectivity index (χ0n) is 13.7. The molecule has 0 amide bonds. The molecule has 2 aromatic rings. The Balaban J connectivity index is 1.76. The third-order valence-electron chi connectivity index (χ3n) is 3.87. The van der Waals surface area contributed by atoms with Crippen molar-refractivity contribution in [2.24, 2.45) is 0 Å². The number of rotatable bonds is 5. The summed E-state index contributed by atoms with van der Waals surface area (Å²) in [5, 5.41) is 1.33. The lowest BCUT2D eigenvalue weighted by molar-refractivity contribution is 0.00132. The highest BCUT2D eigenvalue weighted by molar-refractivity contribution is 7.88. The third-order valence-corrected chi connectivity index (χ3v) is 6.05. The van der Waals surface area contributed by atoms with Crippen LogP contribution in [0.3, 0.4) is 0 Å². The van der Waals surface area contributed by atoms with E-state index in [0.29, 0.717) is 26.4 Å². The van der Waals surface area contributed by atoms with Crippen LogP contribution in [0.2, 0.25) is 15.1 Å². The Labute approximate surface area is 167 Å². The molecule has 2 aromatic carbocycles. The number of hydrogen-bond donors (Lipinski definition) is 0. The summed E-state index contributed by atoms with van der Waals surface area (Å²) >= 11 is 17.8. The highest BCUT2D eigenvalue weighted by Gasteiger charge is 2.39. The van der Waals surface area contributed by atoms with Crippen molar-refractivity contribution in [3.8, 4) is 5.75 Å². The van der Waals surface area contributed by atoms with E-state index in [4.69, 9.17) is 44.3 Å². The zero-order valence-corrected chi connectivity index (χ0v) is 16.8. The molecular formula is C17H16Cl3NO4S. The number of halogens is 3. The predicted molar refractivity (Wildman–Crippen MR) is 103 cm³/mol. The Bertz CT molecular complexity index is 889. The first-order chi connectivity index (χ1) is 12.2. The summed E-state index contributed by atoms with van der Waals surface area (Å²) in [6, 6.07) is 11.8. The van der Waals surface area contributed by atoms with Gasteiger partial charge in [0.1, 0.15) is 24.7 Å². The Morgan fingerprint density at radius 3 is 2.42 bits per heavy atom. The van der Waals surface area contributed by atoms with Crippen molar-refractivity contribution in [1.82, 2.24) is 4.31 Å². The lowest BCUT2D eigenvalue weighted by Gasteiger charge is -2.21. The van der Waals surface area contributed by atoms with Crippen LogP contribution in [0.1, 0.15) is 11.8 Å². The van der Waals surface area contributed by atoms with Crippen molar-refractivity contribution in [3.63, 3.8) is 0 Å². The fraction of sp³-hybridized carbons (Fsp3) is 0.294. The highest BCUT2D eigenvalue weighted by atomic mass is 35.5. The van der Waals surface area contributed by atoms with Gasteiger partial charge in [-0.2, -0.15) is 4.31 Å². The maximum atomic E-state index is 12.2. The Kier molecular flexibility index (Phi) is 6.01. The fourth-order valence-electron chi connectivity index (χ4n) is 2.62. The van der Waals surface area contributed by atoms with E-state index in [9.17, 15) is 8.42 Å². The van der Waals surface area contributed by atoms with Crippen molar-refractivity contribution >= 4 is 44.8 Å². The molecule has 0 saturated carbocycles. The maximum Gasteiger partial charge on any atom is 0.213 e. The average Bonchev–Trinajstić information content (AvgIpc) is 3.01. The standard InChI is InChI=1S/C17H16Cl3NO4S/c1-26(22,23)21-9-14(10-24-13-5-3-12(18)4-6-13)25-17(21)11-2-7-15(19)16(20)8-11/h2-8,14,17H,9-10H2,1H3/t14-,17+/m0/s1. The molecular weight excluding hydrogens is 421 g/mol. The minimum absolute atomic E-state index is 0.178. The maximum absolute atomic E-state index is 12.2. The molecule has 3 rings (SSSR count). The smallest absolute Gasteiger partial charge is 0.213 e. The molecule has 2 atom stereocenters. The third kappa shape index (κ3) is 4.63. The van der Waals surface area contributed by atoms with Crippen LogP contribution in [0.25, 0.3) is 0 Å². The van der Waals surface area contributed by atoms with E-state index in [1.807, 2.05) is 0 Å². The van der Waals surface area contributed by atoms with Gasteiger partial charge in [0.15, 0.2) is 0 Å². The van der Waals surface area contributed by atoms with Crippen LogP contribution in [-0.2, 0) is 14.8 Å². The van der Waals surface area contributed by atoms with E-state index in [2.05, 4.69) is 0 Å². The number of ether oxygens (including phenoxy) is 2. The number of nitrogens with zero attached hydrogens (tertiary/aromatic N) is 1. The van der Waals surface area contributed by atoms with Gasteiger partial charge in [0.05, 0.1) is 16.3 Å². The van der Waals surface area contributed by atoms with Gasteiger partial charge in [0.25, 0.3) is 0 Å². The predicted octanol–water partition coefficient (Wildman–Crippen LogP) is 4.38. The van der Waals surface area contributed by atoms with Crippen LogP contribution in [0, 0.1) is 0 Å². The monoisotopic (exact) mass is 435 g/mol. The molecule has 0 aromatic heterocycles. The minimum Gasteiger partial charge on any atom is -0.491 e. The summed E-state index contributed by atoms with van der Waals surface area (Å²) in [5.74, 6) is 0.627. The lowest BCUT2D eigenvalue weighted by atomic mass is 10.2. The van der Waals surface area contributed by atoms with Crippen LogP contribution in [0.4, 0.5) is 0 Å². The largest absolute Gasteiger partial charge is 0.491 e. The highest BCUT2D eigenvalue weighted by Crippen LogP contribution is 2.35. The molecule has 1 fully saturated rings. The summed E-state index contributed by atoms with van der Waals surface area (Å²) in [7, 11) is -3.49. The first-order valence-corrected chi connectivity index (χ1v) is 10.7. The quantitative estimate of drug-likeness (QED) is 0.698. The minimum atomic E-state index is -3.49. The van der Waals surface area contributed by atoms with E-state index >= 15 is 0 Å². The SMILES string of the molecule is CS(=O)(=O)N1C[C@@H](COc2ccc(Cl)cc2)O[C@@H]1c1ccc(Cl)c(Cl)c1. The molecule has 26 heavy (non-hydrogen) atoms. The van der Waals surface area contributed by atoms with Crippen molar-refractivity contribution in [2.45, 2.75) is 12.3 Å². The van der Waals surface area contributed by atoms with E-state index in [-0.39, 0.29) is 13.2 Å². The second-order valence-corrected chi connectivity index (χ2v) is 9.07. The summed E-state index contributed by atoms with van der Waals surface area (Å²) < 4.78 is 37.2. The van der Waals surface area contributed by atoms with Crippen LogP contribution in [0.5, 0.6) is 5.75 Å². The molecule has 1 aliphatic heterocycles. The second kappa shape index (κ2) is 7.92. The topological polar surface area (TPSA) is 55.8 Å². The van der Waals surface area contributed by atoms with Gasteiger partial charge >= 0.3 is 0 Å². The molecule has 1 saturated heterocycles. The van der Waals surface area contributed by atoms with E-state index < -0.39 is 22.4 Å². The van der Waals surface area contributed by atoms with Gasteiger partial charge in [0, 0.05) is 11.6 Å². The van der Waals surface area contributed by atoms with Gasteiger partial charge in [-0.1, -0.05) is 40.9 Å². The van der Waals surface area contributed by atoms with E-state index in [1.165, 1.54) is 4.31 Å². The zero-order chi connectivity index (χ0) is 18.9. The first-order valence-electron chi connectivity index (χ1n) is 7.69.